The van der Waals surface area contributed by atoms with Crippen LogP contribution in [0.25, 0.3) is 12.2 Å². The molecule has 0 fully saturated rings. The SMILES string of the molecule is O=C(/C=C/c1ccccc1)c1sccc1Br.O=C(/C=C/c1ccccc1)c1sccc1Br. The quantitative estimate of drug-likeness (QED) is 0.167. The molecular weight excluding hydrogens is 568 g/mol. The molecule has 0 saturated carbocycles. The summed E-state index contributed by atoms with van der Waals surface area (Å²) < 4.78 is 1.72. The lowest BCUT2D eigenvalue weighted by Crippen LogP contribution is -1.90. The van der Waals surface area contributed by atoms with Crippen LogP contribution in [-0.2, 0) is 0 Å². The van der Waals surface area contributed by atoms with Gasteiger partial charge in [-0.3, -0.25) is 9.59 Å². The van der Waals surface area contributed by atoms with Gasteiger partial charge >= 0.3 is 0 Å². The van der Waals surface area contributed by atoms with Crippen LogP contribution in [0.2, 0.25) is 0 Å². The number of benzene rings is 2. The van der Waals surface area contributed by atoms with E-state index in [-0.39, 0.29) is 11.6 Å². The van der Waals surface area contributed by atoms with E-state index in [1.54, 1.807) is 12.2 Å². The van der Waals surface area contributed by atoms with E-state index < -0.39 is 0 Å². The van der Waals surface area contributed by atoms with Crippen LogP contribution in [0.5, 0.6) is 0 Å². The number of allylic oxidation sites excluding steroid dienone is 2. The summed E-state index contributed by atoms with van der Waals surface area (Å²) in [6.07, 6.45) is 6.86. The summed E-state index contributed by atoms with van der Waals surface area (Å²) in [5, 5.41) is 3.79. The Morgan fingerprint density at radius 1 is 0.594 bits per heavy atom. The average molecular weight is 586 g/mol. The first-order valence-electron chi connectivity index (χ1n) is 9.55. The highest BCUT2D eigenvalue weighted by Crippen LogP contribution is 2.24. The molecule has 2 nitrogen and oxygen atoms in total. The molecule has 4 rings (SSSR count). The van der Waals surface area contributed by atoms with Gasteiger partial charge in [-0.2, -0.15) is 0 Å². The van der Waals surface area contributed by atoms with E-state index in [9.17, 15) is 9.59 Å². The molecule has 0 saturated heterocycles. The van der Waals surface area contributed by atoms with Gasteiger partial charge in [0, 0.05) is 8.95 Å². The molecule has 0 N–H and O–H groups in total. The molecule has 2 aromatic carbocycles. The number of carbonyl (C=O) groups is 2. The van der Waals surface area contributed by atoms with Crippen molar-refractivity contribution in [3.8, 4) is 0 Å². The minimum Gasteiger partial charge on any atom is -0.288 e. The second-order valence-electron chi connectivity index (χ2n) is 6.41. The van der Waals surface area contributed by atoms with Crippen molar-refractivity contribution >= 4 is 78.3 Å². The minimum absolute atomic E-state index is 0.0331. The third-order valence-electron chi connectivity index (χ3n) is 4.14. The molecule has 160 valence electrons. The van der Waals surface area contributed by atoms with Crippen molar-refractivity contribution in [3.63, 3.8) is 0 Å². The summed E-state index contributed by atoms with van der Waals surface area (Å²) in [6, 6.07) is 23.3. The van der Waals surface area contributed by atoms with E-state index in [1.165, 1.54) is 22.7 Å². The summed E-state index contributed by atoms with van der Waals surface area (Å²) in [4.78, 5) is 25.1. The van der Waals surface area contributed by atoms with Crippen molar-refractivity contribution in [2.24, 2.45) is 0 Å². The van der Waals surface area contributed by atoms with E-state index in [4.69, 9.17) is 0 Å². The van der Waals surface area contributed by atoms with Gasteiger partial charge in [-0.05, 0) is 78.0 Å². The second-order valence-corrected chi connectivity index (χ2v) is 9.95. The van der Waals surface area contributed by atoms with E-state index in [0.717, 1.165) is 29.8 Å². The molecule has 0 aliphatic heterocycles. The van der Waals surface area contributed by atoms with Crippen LogP contribution >= 0.6 is 54.5 Å². The van der Waals surface area contributed by atoms with Crippen LogP contribution in [0.3, 0.4) is 0 Å². The second kappa shape index (κ2) is 12.6. The van der Waals surface area contributed by atoms with Gasteiger partial charge in [-0.1, -0.05) is 72.8 Å². The fourth-order valence-electron chi connectivity index (χ4n) is 2.56. The van der Waals surface area contributed by atoms with Gasteiger partial charge in [0.1, 0.15) is 0 Å². The monoisotopic (exact) mass is 584 g/mol. The van der Waals surface area contributed by atoms with Gasteiger partial charge in [-0.25, -0.2) is 0 Å². The summed E-state index contributed by atoms with van der Waals surface area (Å²) in [5.74, 6) is 0.0662. The van der Waals surface area contributed by atoms with Crippen molar-refractivity contribution in [2.75, 3.05) is 0 Å². The van der Waals surface area contributed by atoms with Gasteiger partial charge in [0.15, 0.2) is 11.6 Å². The van der Waals surface area contributed by atoms with E-state index in [0.29, 0.717) is 0 Å². The molecule has 0 aliphatic carbocycles. The zero-order valence-corrected chi connectivity index (χ0v) is 21.6. The van der Waals surface area contributed by atoms with Crippen LogP contribution in [0.15, 0.2) is 105 Å². The number of rotatable bonds is 6. The van der Waals surface area contributed by atoms with Gasteiger partial charge in [0.25, 0.3) is 0 Å². The number of ketones is 2. The van der Waals surface area contributed by atoms with E-state index >= 15 is 0 Å². The number of hydrogen-bond acceptors (Lipinski definition) is 4. The zero-order valence-electron chi connectivity index (χ0n) is 16.8. The Balaban J connectivity index is 0.000000181. The van der Waals surface area contributed by atoms with E-state index in [1.807, 2.05) is 95.7 Å². The Morgan fingerprint density at radius 3 is 1.28 bits per heavy atom. The Morgan fingerprint density at radius 2 is 0.969 bits per heavy atom. The van der Waals surface area contributed by atoms with Crippen molar-refractivity contribution in [3.05, 3.63) is 126 Å². The largest absolute Gasteiger partial charge is 0.288 e. The average Bonchev–Trinajstić information content (AvgIpc) is 3.45. The molecule has 0 atom stereocenters. The molecule has 4 aromatic rings. The lowest BCUT2D eigenvalue weighted by atomic mass is 10.2. The number of thiophene rings is 2. The molecule has 0 radical (unpaired) electrons. The fraction of sp³-hybridized carbons (Fsp3) is 0. The maximum absolute atomic E-state index is 11.8. The molecule has 32 heavy (non-hydrogen) atoms. The fourth-order valence-corrected chi connectivity index (χ4v) is 5.54. The van der Waals surface area contributed by atoms with Gasteiger partial charge < -0.3 is 0 Å². The number of carbonyl (C=O) groups excluding carboxylic acids is 2. The van der Waals surface area contributed by atoms with Crippen molar-refractivity contribution in [2.45, 2.75) is 0 Å². The maximum atomic E-state index is 11.8. The first kappa shape index (κ1) is 24.3. The smallest absolute Gasteiger partial charge is 0.196 e. The van der Waals surface area contributed by atoms with Gasteiger partial charge in [-0.15, -0.1) is 22.7 Å². The summed E-state index contributed by atoms with van der Waals surface area (Å²) in [7, 11) is 0. The predicted molar refractivity (Wildman–Crippen MR) is 144 cm³/mol. The van der Waals surface area contributed by atoms with Crippen LogP contribution < -0.4 is 0 Å². The highest BCUT2D eigenvalue weighted by molar-refractivity contribution is 9.11. The number of hydrogen-bond donors (Lipinski definition) is 0. The lowest BCUT2D eigenvalue weighted by Gasteiger charge is -1.92. The Labute approximate surface area is 212 Å². The van der Waals surface area contributed by atoms with Crippen molar-refractivity contribution < 1.29 is 9.59 Å². The molecule has 6 heteroatoms. The molecule has 0 amide bonds. The topological polar surface area (TPSA) is 34.1 Å². The van der Waals surface area contributed by atoms with Crippen LogP contribution in [0.1, 0.15) is 30.5 Å². The van der Waals surface area contributed by atoms with Crippen LogP contribution in [0, 0.1) is 0 Å². The van der Waals surface area contributed by atoms with Gasteiger partial charge in [0.2, 0.25) is 0 Å². The molecule has 0 unspecified atom stereocenters. The van der Waals surface area contributed by atoms with Crippen molar-refractivity contribution in [1.29, 1.82) is 0 Å². The standard InChI is InChI=1S/2C13H9BrOS/c2*14-11-8-9-16-13(11)12(15)7-6-10-4-2-1-3-5-10/h2*1-9H/b2*7-6+. The lowest BCUT2D eigenvalue weighted by molar-refractivity contribution is 0.104. The summed E-state index contributed by atoms with van der Waals surface area (Å²) >= 11 is 9.59. The highest BCUT2D eigenvalue weighted by Gasteiger charge is 2.08. The maximum Gasteiger partial charge on any atom is 0.196 e. The van der Waals surface area contributed by atoms with Crippen LogP contribution in [-0.4, -0.2) is 11.6 Å². The Kier molecular flexibility index (Phi) is 9.56. The Bertz CT molecular complexity index is 1130. The van der Waals surface area contributed by atoms with Crippen LogP contribution in [0.4, 0.5) is 0 Å². The summed E-state index contributed by atoms with van der Waals surface area (Å²) in [6.45, 7) is 0. The third-order valence-corrected chi connectivity index (χ3v) is 7.84. The minimum atomic E-state index is 0.0331. The predicted octanol–water partition coefficient (Wildman–Crippen LogP) is 8.81. The molecule has 0 bridgehead atoms. The molecule has 2 aromatic heterocycles. The van der Waals surface area contributed by atoms with E-state index in [2.05, 4.69) is 31.9 Å². The molecule has 2 heterocycles. The molecular formula is C26H18Br2O2S2. The first-order valence-corrected chi connectivity index (χ1v) is 12.9. The summed E-state index contributed by atoms with van der Waals surface area (Å²) in [5.41, 5.74) is 2.06. The molecule has 0 aliphatic rings. The molecule has 0 spiro atoms. The third kappa shape index (κ3) is 7.35. The first-order chi connectivity index (χ1) is 15.5. The Hall–Kier alpha value is -2.38. The van der Waals surface area contributed by atoms with Crippen molar-refractivity contribution in [1.82, 2.24) is 0 Å². The van der Waals surface area contributed by atoms with Gasteiger partial charge in [0.05, 0.1) is 9.75 Å². The highest BCUT2D eigenvalue weighted by atomic mass is 79.9. The normalized spacial score (nSPS) is 10.8. The number of halogens is 2. The zero-order chi connectivity index (χ0) is 22.8.